The molecule has 37 heavy (non-hydrogen) atoms. The molecule has 1 saturated heterocycles. The Labute approximate surface area is 215 Å². The number of hydrogen-bond donors (Lipinski definition) is 2. The normalized spacial score (nSPS) is 15.8. The zero-order chi connectivity index (χ0) is 25.8. The van der Waals surface area contributed by atoms with Crippen LogP contribution in [0.15, 0.2) is 76.7 Å². The topological polar surface area (TPSA) is 127 Å². The number of piperazine rings is 1. The predicted molar refractivity (Wildman–Crippen MR) is 139 cm³/mol. The first kappa shape index (κ1) is 24.8. The van der Waals surface area contributed by atoms with Crippen molar-refractivity contribution in [2.24, 2.45) is 10.2 Å². The van der Waals surface area contributed by atoms with Crippen molar-refractivity contribution in [3.63, 3.8) is 0 Å². The maximum Gasteiger partial charge on any atom is 0.271 e. The number of sulfonamides is 1. The van der Waals surface area contributed by atoms with Gasteiger partial charge < -0.3 is 14.4 Å². The van der Waals surface area contributed by atoms with Crippen LogP contribution in [0.5, 0.6) is 11.5 Å². The van der Waals surface area contributed by atoms with Gasteiger partial charge in [0.25, 0.3) is 5.91 Å². The Balaban J connectivity index is 1.10. The van der Waals surface area contributed by atoms with Crippen molar-refractivity contribution >= 4 is 27.8 Å². The lowest BCUT2D eigenvalue weighted by Gasteiger charge is -2.36. The summed E-state index contributed by atoms with van der Waals surface area (Å²) in [6.07, 6.45) is 1.56. The SMILES string of the molecule is NS(=O)(=O)c1ccc(C(=O)N/N=C/c2ccc(N3CCN(Cc4ccc5c(c4)OCO5)CC3)cc2)cc1. The van der Waals surface area contributed by atoms with Gasteiger partial charge in [0.15, 0.2) is 11.5 Å². The molecule has 3 aromatic rings. The number of hydrazone groups is 1. The zero-order valence-electron chi connectivity index (χ0n) is 20.0. The molecule has 3 aromatic carbocycles. The first-order chi connectivity index (χ1) is 17.8. The molecule has 0 radical (unpaired) electrons. The number of benzene rings is 3. The first-order valence-corrected chi connectivity index (χ1v) is 13.3. The summed E-state index contributed by atoms with van der Waals surface area (Å²) in [5.74, 6) is 1.17. The van der Waals surface area contributed by atoms with Crippen molar-refractivity contribution in [1.29, 1.82) is 0 Å². The minimum Gasteiger partial charge on any atom is -0.454 e. The molecule has 0 aromatic heterocycles. The van der Waals surface area contributed by atoms with Gasteiger partial charge in [-0.2, -0.15) is 5.10 Å². The molecule has 1 fully saturated rings. The standard InChI is InChI=1S/C26H27N5O5S/c27-37(33,34)23-8-4-21(5-9-23)26(32)29-28-16-19-1-6-22(7-2-19)31-13-11-30(12-14-31)17-20-3-10-24-25(15-20)36-18-35-24/h1-10,15-16H,11-14,17-18H2,(H,29,32)(H2,27,33,34)/b28-16+. The van der Waals surface area contributed by atoms with E-state index in [9.17, 15) is 13.2 Å². The van der Waals surface area contributed by atoms with Crippen molar-refractivity contribution in [2.45, 2.75) is 11.4 Å². The van der Waals surface area contributed by atoms with Crippen molar-refractivity contribution in [1.82, 2.24) is 10.3 Å². The molecule has 2 aliphatic rings. The third-order valence-electron chi connectivity index (χ3n) is 6.30. The van der Waals surface area contributed by atoms with Gasteiger partial charge in [-0.15, -0.1) is 0 Å². The molecular weight excluding hydrogens is 494 g/mol. The van der Waals surface area contributed by atoms with E-state index in [0.29, 0.717) is 0 Å². The molecule has 192 valence electrons. The number of anilines is 1. The molecule has 2 heterocycles. The Bertz CT molecular complexity index is 1400. The van der Waals surface area contributed by atoms with Gasteiger partial charge in [0.05, 0.1) is 11.1 Å². The summed E-state index contributed by atoms with van der Waals surface area (Å²) in [5, 5.41) is 9.07. The van der Waals surface area contributed by atoms with E-state index in [1.807, 2.05) is 30.3 Å². The molecule has 1 amide bonds. The number of carbonyl (C=O) groups is 1. The molecular formula is C26H27N5O5S. The highest BCUT2D eigenvalue weighted by molar-refractivity contribution is 7.89. The Morgan fingerprint density at radius 1 is 0.946 bits per heavy atom. The number of fused-ring (bicyclic) bond motifs is 1. The van der Waals surface area contributed by atoms with Crippen LogP contribution in [0, 0.1) is 0 Å². The van der Waals surface area contributed by atoms with E-state index < -0.39 is 15.9 Å². The smallest absolute Gasteiger partial charge is 0.271 e. The summed E-state index contributed by atoms with van der Waals surface area (Å²) in [7, 11) is -3.80. The number of rotatable bonds is 7. The Kier molecular flexibility index (Phi) is 7.08. The number of nitrogens with one attached hydrogen (secondary N) is 1. The number of nitrogens with zero attached hydrogens (tertiary/aromatic N) is 3. The summed E-state index contributed by atoms with van der Waals surface area (Å²) in [6.45, 7) is 4.94. The molecule has 3 N–H and O–H groups in total. The van der Waals surface area contributed by atoms with Crippen molar-refractivity contribution < 1.29 is 22.7 Å². The van der Waals surface area contributed by atoms with Gasteiger partial charge in [-0.3, -0.25) is 9.69 Å². The highest BCUT2D eigenvalue weighted by Crippen LogP contribution is 2.33. The van der Waals surface area contributed by atoms with Gasteiger partial charge in [-0.05, 0) is 59.7 Å². The van der Waals surface area contributed by atoms with E-state index in [0.717, 1.165) is 55.5 Å². The number of nitrogens with two attached hydrogens (primary N) is 1. The van der Waals surface area contributed by atoms with Gasteiger partial charge in [0.2, 0.25) is 16.8 Å². The zero-order valence-corrected chi connectivity index (χ0v) is 20.9. The van der Waals surface area contributed by atoms with Crippen LogP contribution in [-0.2, 0) is 16.6 Å². The highest BCUT2D eigenvalue weighted by Gasteiger charge is 2.19. The number of hydrogen-bond acceptors (Lipinski definition) is 8. The second-order valence-electron chi connectivity index (χ2n) is 8.81. The third-order valence-corrected chi connectivity index (χ3v) is 7.23. The van der Waals surface area contributed by atoms with Crippen molar-refractivity contribution in [3.8, 4) is 11.5 Å². The number of amides is 1. The van der Waals surface area contributed by atoms with E-state index in [2.05, 4.69) is 32.5 Å². The molecule has 0 unspecified atom stereocenters. The average molecular weight is 522 g/mol. The van der Waals surface area contributed by atoms with Gasteiger partial charge in [-0.25, -0.2) is 19.0 Å². The molecule has 0 bridgehead atoms. The molecule has 0 saturated carbocycles. The van der Waals surface area contributed by atoms with Crippen molar-refractivity contribution in [2.75, 3.05) is 37.9 Å². The summed E-state index contributed by atoms with van der Waals surface area (Å²) in [5.41, 5.74) is 5.91. The average Bonchev–Trinajstić information content (AvgIpc) is 3.37. The lowest BCUT2D eigenvalue weighted by Crippen LogP contribution is -2.45. The molecule has 2 aliphatic heterocycles. The summed E-state index contributed by atoms with van der Waals surface area (Å²) in [4.78, 5) is 16.9. The molecule has 0 spiro atoms. The summed E-state index contributed by atoms with van der Waals surface area (Å²) in [6, 6.07) is 19.4. The van der Waals surface area contributed by atoms with Crippen LogP contribution in [0.3, 0.4) is 0 Å². The summed E-state index contributed by atoms with van der Waals surface area (Å²) >= 11 is 0. The minimum atomic E-state index is -3.80. The number of carbonyl (C=O) groups excluding carboxylic acids is 1. The molecule has 11 heteroatoms. The molecule has 10 nitrogen and oxygen atoms in total. The largest absolute Gasteiger partial charge is 0.454 e. The second kappa shape index (κ2) is 10.6. The van der Waals surface area contributed by atoms with Gasteiger partial charge >= 0.3 is 0 Å². The van der Waals surface area contributed by atoms with Crippen LogP contribution >= 0.6 is 0 Å². The Morgan fingerprint density at radius 3 is 2.35 bits per heavy atom. The van der Waals surface area contributed by atoms with Gasteiger partial charge in [-0.1, -0.05) is 18.2 Å². The lowest BCUT2D eigenvalue weighted by molar-refractivity contribution is 0.0955. The lowest BCUT2D eigenvalue weighted by atomic mass is 10.1. The van der Waals surface area contributed by atoms with E-state index in [4.69, 9.17) is 14.6 Å². The monoisotopic (exact) mass is 521 g/mol. The van der Waals surface area contributed by atoms with E-state index in [1.165, 1.54) is 29.8 Å². The molecule has 5 rings (SSSR count). The molecule has 0 atom stereocenters. The Hall–Kier alpha value is -3.93. The van der Waals surface area contributed by atoms with E-state index in [1.54, 1.807) is 6.21 Å². The third kappa shape index (κ3) is 6.08. The van der Waals surface area contributed by atoms with E-state index in [-0.39, 0.29) is 17.3 Å². The van der Waals surface area contributed by atoms with Crippen LogP contribution < -0.4 is 24.9 Å². The van der Waals surface area contributed by atoms with Crippen molar-refractivity contribution in [3.05, 3.63) is 83.4 Å². The van der Waals surface area contributed by atoms with Crippen LogP contribution in [0.1, 0.15) is 21.5 Å². The minimum absolute atomic E-state index is 0.0567. The maximum atomic E-state index is 12.2. The van der Waals surface area contributed by atoms with Crippen LogP contribution in [0.4, 0.5) is 5.69 Å². The second-order valence-corrected chi connectivity index (χ2v) is 10.4. The fourth-order valence-electron chi connectivity index (χ4n) is 4.26. The highest BCUT2D eigenvalue weighted by atomic mass is 32.2. The number of ether oxygens (including phenoxy) is 2. The van der Waals surface area contributed by atoms with Crippen LogP contribution in [0.2, 0.25) is 0 Å². The molecule has 0 aliphatic carbocycles. The van der Waals surface area contributed by atoms with Crippen LogP contribution in [0.25, 0.3) is 0 Å². The van der Waals surface area contributed by atoms with Gasteiger partial charge in [0, 0.05) is 44.0 Å². The quantitative estimate of drug-likeness (QED) is 0.360. The fraction of sp³-hybridized carbons (Fsp3) is 0.231. The first-order valence-electron chi connectivity index (χ1n) is 11.8. The van der Waals surface area contributed by atoms with Gasteiger partial charge in [0.1, 0.15) is 0 Å². The summed E-state index contributed by atoms with van der Waals surface area (Å²) < 4.78 is 33.5. The van der Waals surface area contributed by atoms with Crippen LogP contribution in [-0.4, -0.2) is 58.4 Å². The predicted octanol–water partition coefficient (Wildman–Crippen LogP) is 2.15. The fourth-order valence-corrected chi connectivity index (χ4v) is 4.77. The Morgan fingerprint density at radius 2 is 1.65 bits per heavy atom. The number of primary sulfonamides is 1. The maximum absolute atomic E-state index is 12.2. The van der Waals surface area contributed by atoms with E-state index >= 15 is 0 Å².